The molecule has 0 saturated carbocycles. The van der Waals surface area contributed by atoms with Crippen LogP contribution in [0.25, 0.3) is 0 Å². The van der Waals surface area contributed by atoms with Crippen LogP contribution >= 0.6 is 0 Å². The van der Waals surface area contributed by atoms with Crippen LogP contribution < -0.4 is 9.61 Å². The van der Waals surface area contributed by atoms with E-state index in [1.54, 1.807) is 24.3 Å². The Hall–Kier alpha value is -2.82. The van der Waals surface area contributed by atoms with Crippen molar-refractivity contribution < 1.29 is 22.1 Å². The molecule has 0 bridgehead atoms. The SMILES string of the molecule is O=C(NN=Cc1ccc(OS(=O)(=O)N2CCOCC2)cc1)c1ccncc1. The van der Waals surface area contributed by atoms with Crippen LogP contribution in [-0.2, 0) is 15.0 Å². The molecule has 142 valence electrons. The minimum absolute atomic E-state index is 0.194. The van der Waals surface area contributed by atoms with Gasteiger partial charge in [0.25, 0.3) is 5.91 Å². The molecule has 3 rings (SSSR count). The molecule has 1 aromatic carbocycles. The lowest BCUT2D eigenvalue weighted by molar-refractivity contribution is 0.0698. The molecule has 27 heavy (non-hydrogen) atoms. The van der Waals surface area contributed by atoms with E-state index in [1.807, 2.05) is 0 Å². The van der Waals surface area contributed by atoms with E-state index in [2.05, 4.69) is 15.5 Å². The summed E-state index contributed by atoms with van der Waals surface area (Å²) in [6, 6.07) is 9.45. The number of pyridine rings is 1. The van der Waals surface area contributed by atoms with Gasteiger partial charge in [0.1, 0.15) is 5.75 Å². The van der Waals surface area contributed by atoms with Gasteiger partial charge >= 0.3 is 10.3 Å². The first kappa shape index (κ1) is 19.0. The number of carbonyl (C=O) groups excluding carboxylic acids is 1. The molecule has 0 aliphatic carbocycles. The summed E-state index contributed by atoms with van der Waals surface area (Å²) in [6.07, 6.45) is 4.48. The molecule has 10 heteroatoms. The molecule has 2 heterocycles. The van der Waals surface area contributed by atoms with Crippen LogP contribution in [0.2, 0.25) is 0 Å². The van der Waals surface area contributed by atoms with Crippen LogP contribution in [0, 0.1) is 0 Å². The fourth-order valence-electron chi connectivity index (χ4n) is 2.29. The zero-order valence-corrected chi connectivity index (χ0v) is 15.1. The number of aromatic nitrogens is 1. The molecule has 9 nitrogen and oxygen atoms in total. The Balaban J connectivity index is 1.56. The van der Waals surface area contributed by atoms with Gasteiger partial charge in [-0.15, -0.1) is 0 Å². The predicted molar refractivity (Wildman–Crippen MR) is 97.7 cm³/mol. The van der Waals surface area contributed by atoms with E-state index in [4.69, 9.17) is 8.92 Å². The largest absolute Gasteiger partial charge is 0.385 e. The van der Waals surface area contributed by atoms with Crippen LogP contribution in [0.4, 0.5) is 0 Å². The highest BCUT2D eigenvalue weighted by molar-refractivity contribution is 7.84. The number of rotatable bonds is 6. The number of hydrogen-bond donors (Lipinski definition) is 1. The van der Waals surface area contributed by atoms with Gasteiger partial charge in [-0.25, -0.2) is 5.43 Å². The van der Waals surface area contributed by atoms with Gasteiger partial charge in [0, 0.05) is 31.0 Å². The summed E-state index contributed by atoms with van der Waals surface area (Å²) in [5, 5.41) is 3.87. The average Bonchev–Trinajstić information content (AvgIpc) is 2.70. The Kier molecular flexibility index (Phi) is 6.12. The summed E-state index contributed by atoms with van der Waals surface area (Å²) in [5.41, 5.74) is 3.51. The first-order valence-electron chi connectivity index (χ1n) is 8.15. The second kappa shape index (κ2) is 8.71. The number of nitrogens with one attached hydrogen (secondary N) is 1. The van der Waals surface area contributed by atoms with Crippen molar-refractivity contribution in [1.29, 1.82) is 0 Å². The first-order valence-corrected chi connectivity index (χ1v) is 9.52. The quantitative estimate of drug-likeness (QED) is 0.577. The van der Waals surface area contributed by atoms with E-state index in [0.717, 1.165) is 0 Å². The standard InChI is InChI=1S/C17H18N4O5S/c22-17(15-5-7-18-8-6-15)20-19-13-14-1-3-16(4-2-14)26-27(23,24)21-9-11-25-12-10-21/h1-8,13H,9-12H2,(H,20,22). The van der Waals surface area contributed by atoms with Crippen molar-refractivity contribution in [2.45, 2.75) is 0 Å². The maximum absolute atomic E-state index is 12.2. The van der Waals surface area contributed by atoms with Crippen LogP contribution in [0.1, 0.15) is 15.9 Å². The lowest BCUT2D eigenvalue weighted by atomic mass is 10.2. The Morgan fingerprint density at radius 3 is 2.48 bits per heavy atom. The number of carbonyl (C=O) groups is 1. The number of benzene rings is 1. The topological polar surface area (TPSA) is 110 Å². The fraction of sp³-hybridized carbons (Fsp3) is 0.235. The summed E-state index contributed by atoms with van der Waals surface area (Å²) < 4.78 is 35.9. The summed E-state index contributed by atoms with van der Waals surface area (Å²) in [7, 11) is -3.85. The van der Waals surface area contributed by atoms with E-state index >= 15 is 0 Å². The molecular weight excluding hydrogens is 372 g/mol. The van der Waals surface area contributed by atoms with Gasteiger partial charge < -0.3 is 8.92 Å². The van der Waals surface area contributed by atoms with Crippen LogP contribution in [0.5, 0.6) is 5.75 Å². The highest BCUT2D eigenvalue weighted by Crippen LogP contribution is 2.16. The Morgan fingerprint density at radius 2 is 1.81 bits per heavy atom. The van der Waals surface area contributed by atoms with Crippen molar-refractivity contribution in [3.05, 3.63) is 59.9 Å². The molecule has 0 radical (unpaired) electrons. The van der Waals surface area contributed by atoms with Crippen LogP contribution in [-0.4, -0.2) is 56.1 Å². The fourth-order valence-corrected chi connectivity index (χ4v) is 3.34. The van der Waals surface area contributed by atoms with Gasteiger partial charge in [-0.3, -0.25) is 9.78 Å². The second-order valence-corrected chi connectivity index (χ2v) is 7.10. The molecule has 1 saturated heterocycles. The van der Waals surface area contributed by atoms with Crippen molar-refractivity contribution in [3.8, 4) is 5.75 Å². The molecule has 0 spiro atoms. The number of hydrazone groups is 1. The van der Waals surface area contributed by atoms with Gasteiger partial charge in [-0.05, 0) is 42.0 Å². The third-order valence-electron chi connectivity index (χ3n) is 3.69. The van der Waals surface area contributed by atoms with Crippen LogP contribution in [0.3, 0.4) is 0 Å². The van der Waals surface area contributed by atoms with E-state index in [-0.39, 0.29) is 24.7 Å². The van der Waals surface area contributed by atoms with Crippen molar-refractivity contribution in [2.24, 2.45) is 5.10 Å². The van der Waals surface area contributed by atoms with Gasteiger partial charge in [-0.1, -0.05) is 0 Å². The molecule has 1 aliphatic rings. The Morgan fingerprint density at radius 1 is 1.15 bits per heavy atom. The van der Waals surface area contributed by atoms with Gasteiger partial charge in [0.2, 0.25) is 0 Å². The maximum atomic E-state index is 12.2. The minimum atomic E-state index is -3.85. The smallest absolute Gasteiger partial charge is 0.379 e. The van der Waals surface area contributed by atoms with E-state index < -0.39 is 10.3 Å². The van der Waals surface area contributed by atoms with Crippen LogP contribution in [0.15, 0.2) is 53.9 Å². The third-order valence-corrected chi connectivity index (χ3v) is 5.09. The van der Waals surface area contributed by atoms with Gasteiger partial charge in [0.05, 0.1) is 19.4 Å². The van der Waals surface area contributed by atoms with Crippen molar-refractivity contribution in [3.63, 3.8) is 0 Å². The monoisotopic (exact) mass is 390 g/mol. The molecule has 2 aromatic rings. The third kappa shape index (κ3) is 5.33. The number of ether oxygens (including phenoxy) is 1. The molecule has 1 fully saturated rings. The molecule has 1 aromatic heterocycles. The maximum Gasteiger partial charge on any atom is 0.385 e. The van der Waals surface area contributed by atoms with Gasteiger partial charge in [0.15, 0.2) is 0 Å². The number of nitrogens with zero attached hydrogens (tertiary/aromatic N) is 3. The van der Waals surface area contributed by atoms with E-state index in [0.29, 0.717) is 24.3 Å². The lowest BCUT2D eigenvalue weighted by Gasteiger charge is -2.25. The van der Waals surface area contributed by atoms with E-state index in [1.165, 1.54) is 35.0 Å². The first-order chi connectivity index (χ1) is 13.0. The zero-order valence-electron chi connectivity index (χ0n) is 14.3. The molecule has 1 amide bonds. The van der Waals surface area contributed by atoms with Crippen molar-refractivity contribution in [2.75, 3.05) is 26.3 Å². The number of hydrogen-bond acceptors (Lipinski definition) is 7. The molecule has 0 atom stereocenters. The van der Waals surface area contributed by atoms with Crippen molar-refractivity contribution in [1.82, 2.24) is 14.7 Å². The van der Waals surface area contributed by atoms with Gasteiger partial charge in [-0.2, -0.15) is 17.8 Å². The normalized spacial score (nSPS) is 15.6. The summed E-state index contributed by atoms with van der Waals surface area (Å²) in [4.78, 5) is 15.7. The summed E-state index contributed by atoms with van der Waals surface area (Å²) in [5.74, 6) is -0.162. The molecule has 1 N–H and O–H groups in total. The molecule has 1 aliphatic heterocycles. The molecular formula is C17H18N4O5S. The Bertz CT molecular complexity index is 895. The highest BCUT2D eigenvalue weighted by atomic mass is 32.2. The second-order valence-electron chi connectivity index (χ2n) is 5.56. The summed E-state index contributed by atoms with van der Waals surface area (Å²) in [6.45, 7) is 1.24. The predicted octanol–water partition coefficient (Wildman–Crippen LogP) is 0.801. The summed E-state index contributed by atoms with van der Waals surface area (Å²) >= 11 is 0. The number of amides is 1. The van der Waals surface area contributed by atoms with Crippen molar-refractivity contribution >= 4 is 22.4 Å². The van der Waals surface area contributed by atoms with E-state index in [9.17, 15) is 13.2 Å². The lowest BCUT2D eigenvalue weighted by Crippen LogP contribution is -2.42. The zero-order chi connectivity index (χ0) is 19.1. The Labute approximate surface area is 156 Å². The average molecular weight is 390 g/mol. The highest BCUT2D eigenvalue weighted by Gasteiger charge is 2.26. The number of morpholine rings is 1. The molecule has 0 unspecified atom stereocenters. The minimum Gasteiger partial charge on any atom is -0.379 e.